The lowest BCUT2D eigenvalue weighted by atomic mass is 10.0. The fourth-order valence-corrected chi connectivity index (χ4v) is 4.91. The Kier molecular flexibility index (Phi) is 6.17. The molecule has 0 fully saturated rings. The number of aryl methyl sites for hydroxylation is 1. The van der Waals surface area contributed by atoms with Crippen LogP contribution in [0, 0.1) is 0 Å². The molecule has 0 aliphatic carbocycles. The van der Waals surface area contributed by atoms with Crippen molar-refractivity contribution < 1.29 is 23.1 Å². The minimum atomic E-state index is -3.39. The van der Waals surface area contributed by atoms with Crippen molar-refractivity contribution in [1.82, 2.24) is 0 Å². The van der Waals surface area contributed by atoms with Crippen molar-refractivity contribution in [3.05, 3.63) is 41.5 Å². The minimum absolute atomic E-state index is 0.295. The van der Waals surface area contributed by atoms with Crippen LogP contribution in [-0.2, 0) is 36.0 Å². The van der Waals surface area contributed by atoms with E-state index in [1.807, 2.05) is 25.1 Å². The smallest absolute Gasteiger partial charge is 0.362 e. The van der Waals surface area contributed by atoms with E-state index in [0.717, 1.165) is 17.5 Å². The summed E-state index contributed by atoms with van der Waals surface area (Å²) >= 11 is 0. The van der Waals surface area contributed by atoms with Crippen LogP contribution in [0.15, 0.2) is 30.4 Å². The van der Waals surface area contributed by atoms with Gasteiger partial charge in [-0.3, -0.25) is 9.09 Å². The molecular formula is C17H23O5P. The van der Waals surface area contributed by atoms with E-state index in [9.17, 15) is 9.36 Å². The molecule has 0 amide bonds. The number of rotatable bonds is 6. The summed E-state index contributed by atoms with van der Waals surface area (Å²) in [6.45, 7) is 6.15. The predicted molar refractivity (Wildman–Crippen MR) is 89.0 cm³/mol. The van der Waals surface area contributed by atoms with Crippen LogP contribution in [0.5, 0.6) is 0 Å². The van der Waals surface area contributed by atoms with Crippen LogP contribution < -0.4 is 5.30 Å². The van der Waals surface area contributed by atoms with E-state index >= 15 is 0 Å². The normalized spacial score (nSPS) is 23.7. The first-order valence-corrected chi connectivity index (χ1v) is 9.47. The maximum atomic E-state index is 13.2. The van der Waals surface area contributed by atoms with Crippen LogP contribution in [0.4, 0.5) is 0 Å². The van der Waals surface area contributed by atoms with Gasteiger partial charge < -0.3 is 9.26 Å². The monoisotopic (exact) mass is 338 g/mol. The lowest BCUT2D eigenvalue weighted by Crippen LogP contribution is -2.30. The molecule has 2 rings (SSSR count). The van der Waals surface area contributed by atoms with Gasteiger partial charge >= 0.3 is 13.6 Å². The van der Waals surface area contributed by atoms with Crippen molar-refractivity contribution >= 4 is 18.9 Å². The first-order valence-electron chi connectivity index (χ1n) is 7.93. The van der Waals surface area contributed by atoms with Gasteiger partial charge in [0.15, 0.2) is 0 Å². The van der Waals surface area contributed by atoms with Gasteiger partial charge in [-0.05, 0) is 37.5 Å². The molecule has 1 aliphatic heterocycles. The second kappa shape index (κ2) is 7.91. The molecule has 0 N–H and O–H groups in total. The molecule has 126 valence electrons. The molecule has 0 saturated carbocycles. The van der Waals surface area contributed by atoms with Crippen LogP contribution in [0.3, 0.4) is 0 Å². The third kappa shape index (κ3) is 4.11. The zero-order valence-corrected chi connectivity index (χ0v) is 14.7. The molecule has 0 saturated heterocycles. The van der Waals surface area contributed by atoms with E-state index in [1.54, 1.807) is 19.9 Å². The molecule has 1 aromatic carbocycles. The molecule has 1 aliphatic rings. The predicted octanol–water partition coefficient (Wildman–Crippen LogP) is 3.16. The van der Waals surface area contributed by atoms with Crippen molar-refractivity contribution in [2.24, 2.45) is 0 Å². The molecule has 2 unspecified atom stereocenters. The highest BCUT2D eigenvalue weighted by Gasteiger charge is 2.39. The number of hydrogen-bond donors (Lipinski definition) is 0. The lowest BCUT2D eigenvalue weighted by molar-refractivity contribution is -0.137. The number of fused-ring (bicyclic) bond motifs is 1. The second-order valence-electron chi connectivity index (χ2n) is 5.15. The zero-order valence-electron chi connectivity index (χ0n) is 13.8. The van der Waals surface area contributed by atoms with Crippen LogP contribution in [0.2, 0.25) is 0 Å². The summed E-state index contributed by atoms with van der Waals surface area (Å²) in [5.41, 5.74) is 1.93. The first-order chi connectivity index (χ1) is 11.0. The summed E-state index contributed by atoms with van der Waals surface area (Å²) in [5, 5.41) is 0.685. The SMILES string of the molecule is CCOC(=O)/C=C/C1Cc2cccc(CC)c2P(=O)(OCC)O1. The average molecular weight is 338 g/mol. The number of esters is 1. The molecule has 1 heterocycles. The van der Waals surface area contributed by atoms with Gasteiger partial charge in [0.1, 0.15) is 0 Å². The van der Waals surface area contributed by atoms with Crippen LogP contribution >= 0.6 is 7.60 Å². The Labute approximate surface area is 137 Å². The fourth-order valence-electron chi connectivity index (χ4n) is 2.68. The summed E-state index contributed by atoms with van der Waals surface area (Å²) in [7, 11) is -3.39. The summed E-state index contributed by atoms with van der Waals surface area (Å²) in [5.74, 6) is -0.435. The highest BCUT2D eigenvalue weighted by molar-refractivity contribution is 7.62. The molecule has 0 aromatic heterocycles. The highest BCUT2D eigenvalue weighted by atomic mass is 31.2. The molecule has 1 aromatic rings. The number of benzene rings is 1. The minimum Gasteiger partial charge on any atom is -0.463 e. The molecule has 2 atom stereocenters. The second-order valence-corrected chi connectivity index (χ2v) is 7.06. The average Bonchev–Trinajstić information content (AvgIpc) is 2.52. The maximum absolute atomic E-state index is 13.2. The summed E-state index contributed by atoms with van der Waals surface area (Å²) in [6, 6.07) is 5.84. The molecule has 5 nitrogen and oxygen atoms in total. The van der Waals surface area contributed by atoms with Gasteiger partial charge in [0.2, 0.25) is 0 Å². The van der Waals surface area contributed by atoms with E-state index in [1.165, 1.54) is 6.08 Å². The Balaban J connectivity index is 2.34. The Morgan fingerprint density at radius 3 is 2.78 bits per heavy atom. The van der Waals surface area contributed by atoms with Crippen LogP contribution in [-0.4, -0.2) is 25.3 Å². The van der Waals surface area contributed by atoms with E-state index in [-0.39, 0.29) is 0 Å². The maximum Gasteiger partial charge on any atom is 0.362 e. The molecule has 23 heavy (non-hydrogen) atoms. The van der Waals surface area contributed by atoms with Gasteiger partial charge in [-0.25, -0.2) is 4.79 Å². The van der Waals surface area contributed by atoms with Gasteiger partial charge in [-0.1, -0.05) is 25.1 Å². The quantitative estimate of drug-likeness (QED) is 0.453. The van der Waals surface area contributed by atoms with Crippen molar-refractivity contribution in [1.29, 1.82) is 0 Å². The molecule has 0 bridgehead atoms. The van der Waals surface area contributed by atoms with Crippen molar-refractivity contribution in [3.63, 3.8) is 0 Å². The van der Waals surface area contributed by atoms with Crippen molar-refractivity contribution in [2.45, 2.75) is 39.7 Å². The Morgan fingerprint density at radius 2 is 2.13 bits per heavy atom. The van der Waals surface area contributed by atoms with E-state index in [0.29, 0.717) is 24.9 Å². The fraction of sp³-hybridized carbons (Fsp3) is 0.471. The third-order valence-electron chi connectivity index (χ3n) is 3.59. The Morgan fingerprint density at radius 1 is 1.35 bits per heavy atom. The number of carbonyl (C=O) groups excluding carboxylic acids is 1. The summed E-state index contributed by atoms with van der Waals surface area (Å²) < 4.78 is 29.3. The van der Waals surface area contributed by atoms with Gasteiger partial charge in [-0.2, -0.15) is 0 Å². The number of hydrogen-bond acceptors (Lipinski definition) is 5. The summed E-state index contributed by atoms with van der Waals surface area (Å²) in [6.07, 6.45) is 3.74. The Hall–Kier alpha value is -1.42. The van der Waals surface area contributed by atoms with Gasteiger partial charge in [0.05, 0.1) is 24.6 Å². The first kappa shape index (κ1) is 17.9. The number of carbonyl (C=O) groups is 1. The van der Waals surface area contributed by atoms with E-state index in [2.05, 4.69) is 0 Å². The number of ether oxygens (including phenoxy) is 1. The standard InChI is InChI=1S/C17H23O5P/c1-4-13-8-7-9-14-12-15(10-11-16(18)20-5-2)22-23(19,17(13)14)21-6-3/h7-11,15H,4-6,12H2,1-3H3/b11-10+. The topological polar surface area (TPSA) is 61.8 Å². The zero-order chi connectivity index (χ0) is 16.9. The largest absolute Gasteiger partial charge is 0.463 e. The highest BCUT2D eigenvalue weighted by Crippen LogP contribution is 2.53. The van der Waals surface area contributed by atoms with Crippen molar-refractivity contribution in [3.8, 4) is 0 Å². The van der Waals surface area contributed by atoms with Gasteiger partial charge in [-0.15, -0.1) is 0 Å². The van der Waals surface area contributed by atoms with E-state index < -0.39 is 19.7 Å². The van der Waals surface area contributed by atoms with Gasteiger partial charge in [0, 0.05) is 12.5 Å². The third-order valence-corrected chi connectivity index (χ3v) is 5.85. The van der Waals surface area contributed by atoms with Crippen LogP contribution in [0.25, 0.3) is 0 Å². The molecular weight excluding hydrogens is 315 g/mol. The van der Waals surface area contributed by atoms with Crippen molar-refractivity contribution in [2.75, 3.05) is 13.2 Å². The van der Waals surface area contributed by atoms with Gasteiger partial charge in [0.25, 0.3) is 0 Å². The molecule has 0 spiro atoms. The lowest BCUT2D eigenvalue weighted by Gasteiger charge is -2.31. The van der Waals surface area contributed by atoms with E-state index in [4.69, 9.17) is 13.8 Å². The van der Waals surface area contributed by atoms with Crippen LogP contribution in [0.1, 0.15) is 31.9 Å². The Bertz CT molecular complexity index is 638. The molecule has 6 heteroatoms. The summed E-state index contributed by atoms with van der Waals surface area (Å²) in [4.78, 5) is 11.5. The molecule has 0 radical (unpaired) electrons.